The number of rotatable bonds is 5. The molecule has 4 heteroatoms. The van der Waals surface area contributed by atoms with Crippen molar-refractivity contribution in [1.29, 1.82) is 0 Å². The van der Waals surface area contributed by atoms with Crippen molar-refractivity contribution < 1.29 is 0 Å². The van der Waals surface area contributed by atoms with E-state index >= 15 is 0 Å². The molecule has 1 atom stereocenters. The van der Waals surface area contributed by atoms with Crippen LogP contribution in [-0.4, -0.2) is 16.3 Å². The van der Waals surface area contributed by atoms with Crippen molar-refractivity contribution in [2.45, 2.75) is 58.9 Å². The Labute approximate surface area is 131 Å². The van der Waals surface area contributed by atoms with E-state index in [1.807, 2.05) is 17.9 Å². The highest BCUT2D eigenvalue weighted by Crippen LogP contribution is 2.43. The predicted molar refractivity (Wildman–Crippen MR) is 87.7 cm³/mol. The van der Waals surface area contributed by atoms with Gasteiger partial charge >= 0.3 is 0 Å². The highest BCUT2D eigenvalue weighted by molar-refractivity contribution is 9.10. The van der Waals surface area contributed by atoms with Gasteiger partial charge in [-0.2, -0.15) is 5.10 Å². The first-order valence-corrected chi connectivity index (χ1v) is 8.64. The number of aryl methyl sites for hydroxylation is 1. The fraction of sp³-hybridized carbons (Fsp3) is 0.812. The molecule has 1 unspecified atom stereocenters. The molecule has 1 heterocycles. The molecule has 1 aliphatic carbocycles. The third-order valence-corrected chi connectivity index (χ3v) is 5.31. The van der Waals surface area contributed by atoms with Crippen LogP contribution in [0.2, 0.25) is 0 Å². The molecule has 20 heavy (non-hydrogen) atoms. The van der Waals surface area contributed by atoms with E-state index in [-0.39, 0.29) is 0 Å². The SMILES string of the molecule is CCCNC(c1c(Br)cnn1C)C1CCC(C)(C)CC1. The monoisotopic (exact) mass is 341 g/mol. The summed E-state index contributed by atoms with van der Waals surface area (Å²) < 4.78 is 3.16. The van der Waals surface area contributed by atoms with Gasteiger partial charge in [-0.25, -0.2) is 0 Å². The minimum absolute atomic E-state index is 0.424. The van der Waals surface area contributed by atoms with Crippen molar-refractivity contribution in [3.8, 4) is 0 Å². The molecule has 1 saturated carbocycles. The average molecular weight is 342 g/mol. The van der Waals surface area contributed by atoms with Gasteiger partial charge in [-0.1, -0.05) is 20.8 Å². The Morgan fingerprint density at radius 3 is 2.60 bits per heavy atom. The van der Waals surface area contributed by atoms with Crippen molar-refractivity contribution in [1.82, 2.24) is 15.1 Å². The van der Waals surface area contributed by atoms with Gasteiger partial charge in [0.25, 0.3) is 0 Å². The van der Waals surface area contributed by atoms with E-state index < -0.39 is 0 Å². The Morgan fingerprint density at radius 2 is 2.10 bits per heavy atom. The van der Waals surface area contributed by atoms with Gasteiger partial charge in [-0.05, 0) is 65.9 Å². The summed E-state index contributed by atoms with van der Waals surface area (Å²) >= 11 is 3.68. The van der Waals surface area contributed by atoms with Gasteiger partial charge in [-0.3, -0.25) is 4.68 Å². The molecule has 1 N–H and O–H groups in total. The van der Waals surface area contributed by atoms with E-state index in [0.29, 0.717) is 11.5 Å². The van der Waals surface area contributed by atoms with Gasteiger partial charge in [0.2, 0.25) is 0 Å². The second-order valence-electron chi connectivity index (χ2n) is 6.93. The van der Waals surface area contributed by atoms with Gasteiger partial charge in [-0.15, -0.1) is 0 Å². The molecule has 1 aliphatic rings. The maximum Gasteiger partial charge on any atom is 0.0695 e. The Hall–Kier alpha value is -0.350. The maximum absolute atomic E-state index is 4.40. The number of hydrogen-bond acceptors (Lipinski definition) is 2. The normalized spacial score (nSPS) is 21.1. The lowest BCUT2D eigenvalue weighted by molar-refractivity contribution is 0.158. The number of nitrogens with one attached hydrogen (secondary N) is 1. The molecule has 0 aromatic carbocycles. The highest BCUT2D eigenvalue weighted by atomic mass is 79.9. The average Bonchev–Trinajstić information content (AvgIpc) is 2.72. The molecule has 1 aromatic heterocycles. The summed E-state index contributed by atoms with van der Waals surface area (Å²) in [7, 11) is 2.05. The predicted octanol–water partition coefficient (Wildman–Crippen LogP) is 4.44. The van der Waals surface area contributed by atoms with E-state index in [2.05, 4.69) is 47.1 Å². The second-order valence-corrected chi connectivity index (χ2v) is 7.79. The molecule has 0 aliphatic heterocycles. The zero-order valence-corrected chi connectivity index (χ0v) is 14.8. The summed E-state index contributed by atoms with van der Waals surface area (Å²) in [6.07, 6.45) is 8.37. The van der Waals surface area contributed by atoms with Crippen LogP contribution in [0.25, 0.3) is 0 Å². The van der Waals surface area contributed by atoms with Crippen molar-refractivity contribution >= 4 is 15.9 Å². The van der Waals surface area contributed by atoms with Gasteiger partial charge in [0.15, 0.2) is 0 Å². The number of nitrogens with zero attached hydrogens (tertiary/aromatic N) is 2. The summed E-state index contributed by atoms with van der Waals surface area (Å²) in [5, 5.41) is 8.16. The van der Waals surface area contributed by atoms with Crippen LogP contribution >= 0.6 is 15.9 Å². The summed E-state index contributed by atoms with van der Waals surface area (Å²) in [6.45, 7) is 8.10. The molecule has 2 rings (SSSR count). The molecule has 0 amide bonds. The molecule has 0 saturated heterocycles. The molecule has 1 fully saturated rings. The van der Waals surface area contributed by atoms with Gasteiger partial charge in [0.05, 0.1) is 22.4 Å². The molecule has 1 aromatic rings. The van der Waals surface area contributed by atoms with Crippen LogP contribution in [0.15, 0.2) is 10.7 Å². The molecular formula is C16H28BrN3. The van der Waals surface area contributed by atoms with Crippen molar-refractivity contribution in [3.05, 3.63) is 16.4 Å². The lowest BCUT2D eigenvalue weighted by Crippen LogP contribution is -2.34. The van der Waals surface area contributed by atoms with Crippen molar-refractivity contribution in [2.75, 3.05) is 6.54 Å². The lowest BCUT2D eigenvalue weighted by Gasteiger charge is -2.38. The summed E-state index contributed by atoms with van der Waals surface area (Å²) in [4.78, 5) is 0. The van der Waals surface area contributed by atoms with Crippen molar-refractivity contribution in [3.63, 3.8) is 0 Å². The zero-order valence-electron chi connectivity index (χ0n) is 13.2. The van der Waals surface area contributed by atoms with E-state index in [0.717, 1.165) is 16.9 Å². The second kappa shape index (κ2) is 6.61. The Bertz CT molecular complexity index is 409. The fourth-order valence-corrected chi connectivity index (χ4v) is 3.91. The molecule has 0 bridgehead atoms. The lowest BCUT2D eigenvalue weighted by atomic mass is 9.70. The van der Waals surface area contributed by atoms with Gasteiger partial charge in [0.1, 0.15) is 0 Å². The van der Waals surface area contributed by atoms with E-state index in [1.165, 1.54) is 37.8 Å². The highest BCUT2D eigenvalue weighted by Gasteiger charge is 2.33. The van der Waals surface area contributed by atoms with E-state index in [9.17, 15) is 0 Å². The minimum Gasteiger partial charge on any atom is -0.308 e. The van der Waals surface area contributed by atoms with E-state index in [1.54, 1.807) is 0 Å². The van der Waals surface area contributed by atoms with Crippen LogP contribution in [0.4, 0.5) is 0 Å². The fourth-order valence-electron chi connectivity index (χ4n) is 3.31. The zero-order chi connectivity index (χ0) is 14.8. The molecular weight excluding hydrogens is 314 g/mol. The molecule has 3 nitrogen and oxygen atoms in total. The van der Waals surface area contributed by atoms with E-state index in [4.69, 9.17) is 0 Å². The molecule has 0 spiro atoms. The van der Waals surface area contributed by atoms with Crippen LogP contribution in [0.3, 0.4) is 0 Å². The summed E-state index contributed by atoms with van der Waals surface area (Å²) in [5.41, 5.74) is 1.83. The Morgan fingerprint density at radius 1 is 1.45 bits per heavy atom. The smallest absolute Gasteiger partial charge is 0.0695 e. The first-order chi connectivity index (χ1) is 9.44. The quantitative estimate of drug-likeness (QED) is 0.857. The third-order valence-electron chi connectivity index (χ3n) is 4.70. The Balaban J connectivity index is 2.16. The van der Waals surface area contributed by atoms with Crippen LogP contribution in [-0.2, 0) is 7.05 Å². The standard InChI is InChI=1S/C16H28BrN3/c1-5-10-18-14(15-13(17)11-19-20(15)4)12-6-8-16(2,3)9-7-12/h11-12,14,18H,5-10H2,1-4H3. The van der Waals surface area contributed by atoms with Gasteiger partial charge < -0.3 is 5.32 Å². The van der Waals surface area contributed by atoms with Crippen LogP contribution in [0.1, 0.15) is 64.6 Å². The van der Waals surface area contributed by atoms with Crippen LogP contribution in [0.5, 0.6) is 0 Å². The van der Waals surface area contributed by atoms with Crippen LogP contribution < -0.4 is 5.32 Å². The molecule has 114 valence electrons. The number of hydrogen-bond donors (Lipinski definition) is 1. The van der Waals surface area contributed by atoms with Crippen LogP contribution in [0, 0.1) is 11.3 Å². The number of aromatic nitrogens is 2. The topological polar surface area (TPSA) is 29.9 Å². The summed E-state index contributed by atoms with van der Waals surface area (Å²) in [6, 6.07) is 0.424. The first-order valence-electron chi connectivity index (χ1n) is 7.85. The maximum atomic E-state index is 4.40. The van der Waals surface area contributed by atoms with Crippen molar-refractivity contribution in [2.24, 2.45) is 18.4 Å². The Kier molecular flexibility index (Phi) is 5.30. The minimum atomic E-state index is 0.424. The summed E-state index contributed by atoms with van der Waals surface area (Å²) in [5.74, 6) is 0.723. The molecule has 0 radical (unpaired) electrons. The van der Waals surface area contributed by atoms with Gasteiger partial charge in [0, 0.05) is 7.05 Å². The third kappa shape index (κ3) is 3.64. The first kappa shape index (κ1) is 16.0. The largest absolute Gasteiger partial charge is 0.308 e. The number of halogens is 1.